The highest BCUT2D eigenvalue weighted by atomic mass is 35.5. The topological polar surface area (TPSA) is 9.23 Å². The van der Waals surface area contributed by atoms with E-state index in [-0.39, 0.29) is 0 Å². The highest BCUT2D eigenvalue weighted by Gasteiger charge is 2.06. The van der Waals surface area contributed by atoms with E-state index in [2.05, 4.69) is 0 Å². The van der Waals surface area contributed by atoms with Crippen LogP contribution in [0.25, 0.3) is 10.8 Å². The van der Waals surface area contributed by atoms with Gasteiger partial charge in [0.25, 0.3) is 0 Å². The predicted octanol–water partition coefficient (Wildman–Crippen LogP) is 5.07. The molecule has 0 aliphatic rings. The normalized spacial score (nSPS) is 10.6. The minimum atomic E-state index is 0.527. The minimum absolute atomic E-state index is 0.527. The Morgan fingerprint density at radius 3 is 2.37 bits per heavy atom. The van der Waals surface area contributed by atoms with Crippen LogP contribution in [0.1, 0.15) is 5.56 Å². The second-order valence-corrected chi connectivity index (χ2v) is 4.75. The van der Waals surface area contributed by atoms with Gasteiger partial charge in [-0.2, -0.15) is 0 Å². The fourth-order valence-corrected chi connectivity index (χ4v) is 2.35. The second kappa shape index (κ2) is 5.33. The molecule has 0 aliphatic carbocycles. The summed E-state index contributed by atoms with van der Waals surface area (Å²) >= 11 is 6.38. The molecule has 94 valence electrons. The molecule has 0 saturated heterocycles. The molecule has 3 aromatic carbocycles. The van der Waals surface area contributed by atoms with E-state index in [1.54, 1.807) is 0 Å². The minimum Gasteiger partial charge on any atom is -0.487 e. The van der Waals surface area contributed by atoms with Crippen molar-refractivity contribution in [2.75, 3.05) is 0 Å². The van der Waals surface area contributed by atoms with Crippen molar-refractivity contribution in [1.29, 1.82) is 0 Å². The molecule has 0 N–H and O–H groups in total. The van der Waals surface area contributed by atoms with Crippen LogP contribution in [-0.2, 0) is 6.61 Å². The number of hydrogen-bond acceptors (Lipinski definition) is 1. The van der Waals surface area contributed by atoms with Crippen molar-refractivity contribution < 1.29 is 4.74 Å². The molecule has 0 heterocycles. The van der Waals surface area contributed by atoms with E-state index in [1.807, 2.05) is 66.7 Å². The summed E-state index contributed by atoms with van der Waals surface area (Å²) in [6.45, 7) is 0.527. The molecule has 0 unspecified atom stereocenters. The zero-order valence-corrected chi connectivity index (χ0v) is 11.1. The highest BCUT2D eigenvalue weighted by molar-refractivity contribution is 6.37. The molecule has 0 spiro atoms. The Kier molecular flexibility index (Phi) is 3.39. The third-order valence-electron chi connectivity index (χ3n) is 3.07. The van der Waals surface area contributed by atoms with Crippen molar-refractivity contribution in [3.63, 3.8) is 0 Å². The fraction of sp³-hybridized carbons (Fsp3) is 0.0588. The van der Waals surface area contributed by atoms with Gasteiger partial charge in [-0.25, -0.2) is 0 Å². The van der Waals surface area contributed by atoms with Gasteiger partial charge >= 0.3 is 0 Å². The van der Waals surface area contributed by atoms with Gasteiger partial charge in [-0.05, 0) is 17.0 Å². The van der Waals surface area contributed by atoms with Crippen LogP contribution in [0.5, 0.6) is 5.75 Å². The zero-order valence-electron chi connectivity index (χ0n) is 10.3. The summed E-state index contributed by atoms with van der Waals surface area (Å²) in [6, 6.07) is 22.1. The van der Waals surface area contributed by atoms with Crippen molar-refractivity contribution in [3.05, 3.63) is 77.3 Å². The highest BCUT2D eigenvalue weighted by Crippen LogP contribution is 2.33. The molecule has 0 aliphatic heterocycles. The SMILES string of the molecule is Clc1c(OCc2ccccc2)ccc2ccccc12. The molecule has 3 aromatic rings. The smallest absolute Gasteiger partial charge is 0.139 e. The van der Waals surface area contributed by atoms with E-state index in [4.69, 9.17) is 16.3 Å². The Labute approximate surface area is 117 Å². The van der Waals surface area contributed by atoms with E-state index in [9.17, 15) is 0 Å². The molecule has 0 aromatic heterocycles. The standard InChI is InChI=1S/C17H13ClO/c18-17-15-9-5-4-8-14(15)10-11-16(17)19-12-13-6-2-1-3-7-13/h1-11H,12H2. The van der Waals surface area contributed by atoms with Crippen molar-refractivity contribution >= 4 is 22.4 Å². The summed E-state index contributed by atoms with van der Waals surface area (Å²) in [4.78, 5) is 0. The monoisotopic (exact) mass is 268 g/mol. The first-order valence-electron chi connectivity index (χ1n) is 6.18. The summed E-state index contributed by atoms with van der Waals surface area (Å²) in [5.41, 5.74) is 1.13. The van der Waals surface area contributed by atoms with Crippen molar-refractivity contribution in [2.24, 2.45) is 0 Å². The molecule has 1 nitrogen and oxygen atoms in total. The maximum atomic E-state index is 6.38. The quantitative estimate of drug-likeness (QED) is 0.644. The molecule has 0 saturated carbocycles. The Hall–Kier alpha value is -1.99. The molecule has 0 fully saturated rings. The molecule has 0 radical (unpaired) electrons. The first-order valence-corrected chi connectivity index (χ1v) is 6.56. The third kappa shape index (κ3) is 2.56. The molecule has 0 bridgehead atoms. The summed E-state index contributed by atoms with van der Waals surface area (Å²) in [7, 11) is 0. The van der Waals surface area contributed by atoms with Crippen molar-refractivity contribution in [1.82, 2.24) is 0 Å². The van der Waals surface area contributed by atoms with Crippen LogP contribution in [0.15, 0.2) is 66.7 Å². The number of fused-ring (bicyclic) bond motifs is 1. The molecule has 3 rings (SSSR count). The third-order valence-corrected chi connectivity index (χ3v) is 3.45. The molecule has 0 amide bonds. The van der Waals surface area contributed by atoms with Gasteiger partial charge in [-0.1, -0.05) is 72.3 Å². The van der Waals surface area contributed by atoms with Gasteiger partial charge in [0.1, 0.15) is 12.4 Å². The lowest BCUT2D eigenvalue weighted by Crippen LogP contribution is -1.95. The Morgan fingerprint density at radius 1 is 0.789 bits per heavy atom. The molecule has 2 heteroatoms. The van der Waals surface area contributed by atoms with E-state index in [1.165, 1.54) is 0 Å². The Balaban J connectivity index is 1.87. The van der Waals surface area contributed by atoms with E-state index in [0.29, 0.717) is 11.6 Å². The number of benzene rings is 3. The lowest BCUT2D eigenvalue weighted by atomic mass is 10.1. The first kappa shape index (κ1) is 12.1. The lowest BCUT2D eigenvalue weighted by molar-refractivity contribution is 0.307. The zero-order chi connectivity index (χ0) is 13.1. The molecular weight excluding hydrogens is 256 g/mol. The van der Waals surface area contributed by atoms with Crippen molar-refractivity contribution in [2.45, 2.75) is 6.61 Å². The number of rotatable bonds is 3. The van der Waals surface area contributed by atoms with E-state index < -0.39 is 0 Å². The average Bonchev–Trinajstić information content (AvgIpc) is 2.48. The number of halogens is 1. The molecule has 19 heavy (non-hydrogen) atoms. The van der Waals surface area contributed by atoms with Gasteiger partial charge in [0.2, 0.25) is 0 Å². The van der Waals surface area contributed by atoms with Gasteiger partial charge in [0.15, 0.2) is 0 Å². The van der Waals surface area contributed by atoms with Crippen LogP contribution in [0.2, 0.25) is 5.02 Å². The average molecular weight is 269 g/mol. The van der Waals surface area contributed by atoms with Crippen LogP contribution >= 0.6 is 11.6 Å². The number of hydrogen-bond donors (Lipinski definition) is 0. The predicted molar refractivity (Wildman–Crippen MR) is 79.7 cm³/mol. The maximum Gasteiger partial charge on any atom is 0.139 e. The largest absolute Gasteiger partial charge is 0.487 e. The van der Waals surface area contributed by atoms with Crippen LogP contribution in [0.4, 0.5) is 0 Å². The van der Waals surface area contributed by atoms with Gasteiger partial charge in [-0.15, -0.1) is 0 Å². The lowest BCUT2D eigenvalue weighted by Gasteiger charge is -2.10. The van der Waals surface area contributed by atoms with Gasteiger partial charge in [0.05, 0.1) is 5.02 Å². The van der Waals surface area contributed by atoms with Crippen LogP contribution < -0.4 is 4.74 Å². The summed E-state index contributed by atoms with van der Waals surface area (Å²) < 4.78 is 5.80. The van der Waals surface area contributed by atoms with E-state index in [0.717, 1.165) is 22.1 Å². The van der Waals surface area contributed by atoms with Crippen molar-refractivity contribution in [3.8, 4) is 5.75 Å². The second-order valence-electron chi connectivity index (χ2n) is 4.37. The van der Waals surface area contributed by atoms with Gasteiger partial charge in [-0.3, -0.25) is 0 Å². The molecule has 0 atom stereocenters. The molecular formula is C17H13ClO. The van der Waals surface area contributed by atoms with Crippen LogP contribution in [0.3, 0.4) is 0 Å². The van der Waals surface area contributed by atoms with Crippen LogP contribution in [0, 0.1) is 0 Å². The Bertz CT molecular complexity index is 692. The number of ether oxygens (including phenoxy) is 1. The van der Waals surface area contributed by atoms with Gasteiger partial charge in [0, 0.05) is 5.39 Å². The summed E-state index contributed by atoms with van der Waals surface area (Å²) in [5, 5.41) is 2.82. The fourth-order valence-electron chi connectivity index (χ4n) is 2.06. The maximum absolute atomic E-state index is 6.38. The van der Waals surface area contributed by atoms with Crippen LogP contribution in [-0.4, -0.2) is 0 Å². The summed E-state index contributed by atoms with van der Waals surface area (Å²) in [6.07, 6.45) is 0. The summed E-state index contributed by atoms with van der Waals surface area (Å²) in [5.74, 6) is 0.726. The van der Waals surface area contributed by atoms with E-state index >= 15 is 0 Å². The first-order chi connectivity index (χ1) is 9.34. The van der Waals surface area contributed by atoms with Gasteiger partial charge < -0.3 is 4.74 Å². The Morgan fingerprint density at radius 2 is 1.53 bits per heavy atom.